The van der Waals surface area contributed by atoms with Crippen LogP contribution in [-0.2, 0) is 0 Å². The van der Waals surface area contributed by atoms with Crippen molar-refractivity contribution in [2.45, 2.75) is 6.17 Å². The summed E-state index contributed by atoms with van der Waals surface area (Å²) < 4.78 is 41.0. The van der Waals surface area contributed by atoms with Crippen LogP contribution in [0.15, 0.2) is 42.6 Å². The molecule has 0 spiro atoms. The van der Waals surface area contributed by atoms with Crippen LogP contribution < -0.4 is 0 Å². The van der Waals surface area contributed by atoms with Crippen LogP contribution >= 0.6 is 0 Å². The molecule has 1 N–H and O–H groups in total. The van der Waals surface area contributed by atoms with Crippen molar-refractivity contribution in [3.05, 3.63) is 65.4 Å². The maximum atomic E-state index is 14.3. The molecule has 0 aliphatic carbocycles. The van der Waals surface area contributed by atoms with Gasteiger partial charge in [-0.2, -0.15) is 5.10 Å². The van der Waals surface area contributed by atoms with Gasteiger partial charge in [-0.25, -0.2) is 13.2 Å². The Morgan fingerprint density at radius 1 is 1.11 bits per heavy atom. The topological polar surface area (TPSA) is 28.7 Å². The second kappa shape index (κ2) is 4.42. The number of nitrogens with one attached hydrogen (secondary N) is 1. The summed E-state index contributed by atoms with van der Waals surface area (Å²) in [6.45, 7) is 0. The number of alkyl halides is 1. The lowest BCUT2D eigenvalue weighted by Crippen LogP contribution is -2.00. The molecule has 1 atom stereocenters. The van der Waals surface area contributed by atoms with Gasteiger partial charge in [0, 0.05) is 10.9 Å². The summed E-state index contributed by atoms with van der Waals surface area (Å²) in [5.74, 6) is -2.21. The van der Waals surface area contributed by atoms with E-state index in [9.17, 15) is 13.2 Å². The van der Waals surface area contributed by atoms with Gasteiger partial charge < -0.3 is 0 Å². The van der Waals surface area contributed by atoms with Crippen molar-refractivity contribution in [3.8, 4) is 0 Å². The molecule has 5 heteroatoms. The molecule has 0 radical (unpaired) electrons. The van der Waals surface area contributed by atoms with Crippen molar-refractivity contribution in [1.82, 2.24) is 10.2 Å². The van der Waals surface area contributed by atoms with Gasteiger partial charge in [0.05, 0.1) is 11.7 Å². The Bertz CT molecular complexity index is 736. The van der Waals surface area contributed by atoms with E-state index in [1.165, 1.54) is 24.3 Å². The summed E-state index contributed by atoms with van der Waals surface area (Å²) in [5.41, 5.74) is 0.595. The molecule has 2 aromatic carbocycles. The number of aromatic nitrogens is 2. The minimum atomic E-state index is -1.72. The first kappa shape index (κ1) is 11.8. The number of rotatable bonds is 2. The molecule has 1 unspecified atom stereocenters. The molecule has 0 bridgehead atoms. The zero-order valence-corrected chi connectivity index (χ0v) is 9.70. The molecule has 3 rings (SSSR count). The van der Waals surface area contributed by atoms with Crippen molar-refractivity contribution >= 4 is 10.9 Å². The molecular weight excluding hydrogens is 253 g/mol. The third kappa shape index (κ3) is 1.97. The van der Waals surface area contributed by atoms with Crippen molar-refractivity contribution in [2.75, 3.05) is 0 Å². The van der Waals surface area contributed by atoms with E-state index < -0.39 is 17.8 Å². The number of aromatic amines is 1. The number of benzene rings is 2. The third-order valence-corrected chi connectivity index (χ3v) is 3.01. The fourth-order valence-corrected chi connectivity index (χ4v) is 2.01. The third-order valence-electron chi connectivity index (χ3n) is 3.01. The Morgan fingerprint density at radius 2 is 1.95 bits per heavy atom. The Hall–Kier alpha value is -2.30. The highest BCUT2D eigenvalue weighted by molar-refractivity contribution is 5.78. The number of fused-ring (bicyclic) bond motifs is 1. The second-order valence-electron chi connectivity index (χ2n) is 4.22. The van der Waals surface area contributed by atoms with E-state index in [-0.39, 0.29) is 11.1 Å². The van der Waals surface area contributed by atoms with E-state index in [0.717, 1.165) is 11.5 Å². The predicted molar refractivity (Wildman–Crippen MR) is 65.4 cm³/mol. The van der Waals surface area contributed by atoms with Gasteiger partial charge in [-0.05, 0) is 17.7 Å². The molecule has 96 valence electrons. The van der Waals surface area contributed by atoms with E-state index in [4.69, 9.17) is 0 Å². The fourth-order valence-electron chi connectivity index (χ4n) is 2.01. The first-order chi connectivity index (χ1) is 9.16. The summed E-state index contributed by atoms with van der Waals surface area (Å²) in [6, 6.07) is 8.24. The zero-order chi connectivity index (χ0) is 13.4. The molecule has 0 fully saturated rings. The zero-order valence-electron chi connectivity index (χ0n) is 9.70. The van der Waals surface area contributed by atoms with Gasteiger partial charge in [0.15, 0.2) is 17.8 Å². The molecule has 0 aliphatic heterocycles. The number of hydrogen-bond donors (Lipinski definition) is 1. The Kier molecular flexibility index (Phi) is 2.74. The van der Waals surface area contributed by atoms with Gasteiger partial charge in [0.1, 0.15) is 0 Å². The van der Waals surface area contributed by atoms with Gasteiger partial charge >= 0.3 is 0 Å². The van der Waals surface area contributed by atoms with Crippen LogP contribution in [0.3, 0.4) is 0 Å². The van der Waals surface area contributed by atoms with E-state index in [1.54, 1.807) is 12.3 Å². The van der Waals surface area contributed by atoms with Crippen molar-refractivity contribution in [1.29, 1.82) is 0 Å². The average molecular weight is 262 g/mol. The predicted octanol–water partition coefficient (Wildman–Crippen LogP) is 3.90. The van der Waals surface area contributed by atoms with Gasteiger partial charge in [-0.1, -0.05) is 24.3 Å². The highest BCUT2D eigenvalue weighted by atomic mass is 19.2. The number of hydrogen-bond acceptors (Lipinski definition) is 1. The molecule has 1 heterocycles. The van der Waals surface area contributed by atoms with Crippen LogP contribution in [0, 0.1) is 11.6 Å². The lowest BCUT2D eigenvalue weighted by Gasteiger charge is -2.10. The fraction of sp³-hybridized carbons (Fsp3) is 0.0714. The van der Waals surface area contributed by atoms with Crippen molar-refractivity contribution in [2.24, 2.45) is 0 Å². The van der Waals surface area contributed by atoms with E-state index in [1.807, 2.05) is 0 Å². The highest BCUT2D eigenvalue weighted by Gasteiger charge is 2.19. The second-order valence-corrected chi connectivity index (χ2v) is 4.22. The van der Waals surface area contributed by atoms with E-state index in [0.29, 0.717) is 5.52 Å². The molecule has 0 amide bonds. The van der Waals surface area contributed by atoms with E-state index in [2.05, 4.69) is 10.2 Å². The average Bonchev–Trinajstić information content (AvgIpc) is 2.88. The lowest BCUT2D eigenvalue weighted by atomic mass is 10.0. The SMILES string of the molecule is Fc1cccc(C(F)c2ccc3cn[nH]c3c2)c1F. The van der Waals surface area contributed by atoms with Crippen LogP contribution in [-0.4, -0.2) is 10.2 Å². The van der Waals surface area contributed by atoms with Gasteiger partial charge in [0.2, 0.25) is 0 Å². The first-order valence-corrected chi connectivity index (χ1v) is 5.68. The van der Waals surface area contributed by atoms with Crippen LogP contribution in [0.2, 0.25) is 0 Å². The molecule has 0 saturated carbocycles. The normalized spacial score (nSPS) is 12.8. The first-order valence-electron chi connectivity index (χ1n) is 5.68. The van der Waals surface area contributed by atoms with Crippen LogP contribution in [0.25, 0.3) is 10.9 Å². The maximum Gasteiger partial charge on any atom is 0.165 e. The molecule has 0 aliphatic rings. The molecule has 3 aromatic rings. The summed E-state index contributed by atoms with van der Waals surface area (Å²) in [6.07, 6.45) is -0.113. The lowest BCUT2D eigenvalue weighted by molar-refractivity contribution is 0.378. The molecule has 19 heavy (non-hydrogen) atoms. The van der Waals surface area contributed by atoms with Gasteiger partial charge in [-0.15, -0.1) is 0 Å². The Labute approximate surface area is 106 Å². The van der Waals surface area contributed by atoms with Crippen LogP contribution in [0.1, 0.15) is 17.3 Å². The minimum absolute atomic E-state index is 0.251. The Balaban J connectivity index is 2.07. The van der Waals surface area contributed by atoms with Crippen LogP contribution in [0.4, 0.5) is 13.2 Å². The Morgan fingerprint density at radius 3 is 2.79 bits per heavy atom. The maximum absolute atomic E-state index is 14.3. The van der Waals surface area contributed by atoms with Crippen LogP contribution in [0.5, 0.6) is 0 Å². The van der Waals surface area contributed by atoms with E-state index >= 15 is 0 Å². The van der Waals surface area contributed by atoms with Gasteiger partial charge in [0.25, 0.3) is 0 Å². The standard InChI is InChI=1S/C14H9F3N2/c15-11-3-1-2-10(14(11)17)13(16)8-4-5-9-7-18-19-12(9)6-8/h1-7,13H,(H,18,19). The number of nitrogens with zero attached hydrogens (tertiary/aromatic N) is 1. The number of H-pyrrole nitrogens is 1. The molecule has 2 nitrogen and oxygen atoms in total. The summed E-state index contributed by atoms with van der Waals surface area (Å²) in [7, 11) is 0. The summed E-state index contributed by atoms with van der Waals surface area (Å²) in [4.78, 5) is 0. The quantitative estimate of drug-likeness (QED) is 0.745. The monoisotopic (exact) mass is 262 g/mol. The van der Waals surface area contributed by atoms with Crippen molar-refractivity contribution < 1.29 is 13.2 Å². The number of halogens is 3. The largest absolute Gasteiger partial charge is 0.278 e. The molecule has 0 saturated heterocycles. The molecular formula is C14H9F3N2. The van der Waals surface area contributed by atoms with Gasteiger partial charge in [-0.3, -0.25) is 5.10 Å². The summed E-state index contributed by atoms with van der Waals surface area (Å²) in [5, 5.41) is 7.36. The highest BCUT2D eigenvalue weighted by Crippen LogP contribution is 2.30. The summed E-state index contributed by atoms with van der Waals surface area (Å²) >= 11 is 0. The minimum Gasteiger partial charge on any atom is -0.278 e. The van der Waals surface area contributed by atoms with Crippen molar-refractivity contribution in [3.63, 3.8) is 0 Å². The smallest absolute Gasteiger partial charge is 0.165 e. The molecule has 1 aromatic heterocycles.